The Morgan fingerprint density at radius 1 is 1.05 bits per heavy atom. The lowest BCUT2D eigenvalue weighted by molar-refractivity contribution is 0.243. The van der Waals surface area contributed by atoms with E-state index < -0.39 is 0 Å². The van der Waals surface area contributed by atoms with Crippen molar-refractivity contribution in [3.05, 3.63) is 35.4 Å². The Morgan fingerprint density at radius 3 is 2.29 bits per heavy atom. The predicted octanol–water partition coefficient (Wildman–Crippen LogP) is 3.95. The molecular formula is C19H30N2. The van der Waals surface area contributed by atoms with E-state index in [2.05, 4.69) is 55.3 Å². The van der Waals surface area contributed by atoms with Gasteiger partial charge >= 0.3 is 0 Å². The van der Waals surface area contributed by atoms with Crippen molar-refractivity contribution in [3.63, 3.8) is 0 Å². The number of nitrogens with zero attached hydrogens (tertiary/aromatic N) is 1. The Balaban J connectivity index is 1.65. The summed E-state index contributed by atoms with van der Waals surface area (Å²) in [5.41, 5.74) is 3.16. The first-order valence-corrected chi connectivity index (χ1v) is 8.57. The van der Waals surface area contributed by atoms with Crippen LogP contribution in [0.15, 0.2) is 24.3 Å². The van der Waals surface area contributed by atoms with Crippen molar-refractivity contribution in [2.24, 2.45) is 5.92 Å². The Morgan fingerprint density at radius 2 is 1.71 bits per heavy atom. The monoisotopic (exact) mass is 286 g/mol. The quantitative estimate of drug-likeness (QED) is 0.816. The number of rotatable bonds is 7. The first kappa shape index (κ1) is 15.1. The van der Waals surface area contributed by atoms with E-state index in [1.54, 1.807) is 0 Å². The van der Waals surface area contributed by atoms with Crippen LogP contribution in [0.25, 0.3) is 0 Å². The van der Waals surface area contributed by atoms with Gasteiger partial charge in [0.2, 0.25) is 0 Å². The van der Waals surface area contributed by atoms with Crippen LogP contribution in [-0.4, -0.2) is 23.0 Å². The van der Waals surface area contributed by atoms with E-state index in [1.165, 1.54) is 43.4 Å². The highest BCUT2D eigenvalue weighted by atomic mass is 15.2. The number of benzene rings is 1. The van der Waals surface area contributed by atoms with E-state index in [1.807, 2.05) is 0 Å². The minimum absolute atomic E-state index is 0.178. The minimum atomic E-state index is 0.178. The van der Waals surface area contributed by atoms with Crippen molar-refractivity contribution >= 4 is 0 Å². The zero-order valence-electron chi connectivity index (χ0n) is 13.9. The molecule has 0 aromatic heterocycles. The molecular weight excluding hydrogens is 256 g/mol. The first-order valence-electron chi connectivity index (χ1n) is 8.57. The highest BCUT2D eigenvalue weighted by molar-refractivity contribution is 5.27. The zero-order chi connectivity index (χ0) is 14.9. The van der Waals surface area contributed by atoms with Gasteiger partial charge in [-0.1, -0.05) is 24.3 Å². The fourth-order valence-corrected chi connectivity index (χ4v) is 2.88. The summed E-state index contributed by atoms with van der Waals surface area (Å²) in [6, 6.07) is 9.84. The molecule has 0 aliphatic heterocycles. The normalized spacial score (nSPS) is 19.2. The Hall–Kier alpha value is -0.860. The lowest BCUT2D eigenvalue weighted by Gasteiger charge is -2.25. The highest BCUT2D eigenvalue weighted by Gasteiger charge is 2.33. The molecule has 1 aromatic carbocycles. The summed E-state index contributed by atoms with van der Waals surface area (Å²) in [5, 5.41) is 3.63. The fraction of sp³-hybridized carbons (Fsp3) is 0.684. The van der Waals surface area contributed by atoms with E-state index in [4.69, 9.17) is 0 Å². The Bertz CT molecular complexity index is 467. The number of nitrogens with one attached hydrogen (secondary N) is 1. The molecule has 2 nitrogen and oxygen atoms in total. The van der Waals surface area contributed by atoms with Crippen molar-refractivity contribution in [1.82, 2.24) is 10.2 Å². The Labute approximate surface area is 129 Å². The van der Waals surface area contributed by atoms with Crippen molar-refractivity contribution < 1.29 is 0 Å². The van der Waals surface area contributed by atoms with Crippen LogP contribution in [0.1, 0.15) is 57.6 Å². The van der Waals surface area contributed by atoms with Gasteiger partial charge in [-0.3, -0.25) is 4.90 Å². The van der Waals surface area contributed by atoms with Crippen molar-refractivity contribution in [1.29, 1.82) is 0 Å². The largest absolute Gasteiger partial charge is 0.308 e. The molecule has 0 saturated heterocycles. The van der Waals surface area contributed by atoms with Crippen LogP contribution in [0.5, 0.6) is 0 Å². The maximum absolute atomic E-state index is 3.63. The second-order valence-electron chi connectivity index (χ2n) is 7.98. The van der Waals surface area contributed by atoms with Crippen LogP contribution in [-0.2, 0) is 13.1 Å². The molecule has 3 rings (SSSR count). The van der Waals surface area contributed by atoms with Crippen LogP contribution in [0.4, 0.5) is 0 Å². The van der Waals surface area contributed by atoms with Gasteiger partial charge in [-0.15, -0.1) is 0 Å². The molecule has 0 spiro atoms. The van der Waals surface area contributed by atoms with Crippen molar-refractivity contribution in [3.8, 4) is 0 Å². The van der Waals surface area contributed by atoms with E-state index in [-0.39, 0.29) is 5.54 Å². The molecule has 1 N–H and O–H groups in total. The van der Waals surface area contributed by atoms with Crippen molar-refractivity contribution in [2.75, 3.05) is 6.54 Å². The summed E-state index contributed by atoms with van der Waals surface area (Å²) in [7, 11) is 0. The van der Waals surface area contributed by atoms with E-state index in [0.29, 0.717) is 0 Å². The smallest absolute Gasteiger partial charge is 0.0240 e. The molecule has 2 aliphatic carbocycles. The van der Waals surface area contributed by atoms with Crippen LogP contribution in [0, 0.1) is 5.92 Å². The van der Waals surface area contributed by atoms with Crippen LogP contribution < -0.4 is 5.32 Å². The summed E-state index contributed by atoms with van der Waals surface area (Å²) >= 11 is 0. The maximum Gasteiger partial charge on any atom is 0.0240 e. The van der Waals surface area contributed by atoms with E-state index in [0.717, 1.165) is 25.0 Å². The second-order valence-corrected chi connectivity index (χ2v) is 7.98. The summed E-state index contributed by atoms with van der Waals surface area (Å²) in [4.78, 5) is 2.74. The predicted molar refractivity (Wildman–Crippen MR) is 89.2 cm³/mol. The molecule has 0 unspecified atom stereocenters. The standard InChI is InChI=1S/C19H30N2/c1-19(2,3)20-12-16-6-4-5-7-17(16)14-21(18-10-11-18)13-15-8-9-15/h4-7,15,18,20H,8-14H2,1-3H3. The first-order chi connectivity index (χ1) is 10.0. The van der Waals surface area contributed by atoms with Gasteiger partial charge in [0.05, 0.1) is 0 Å². The molecule has 1 aromatic rings. The zero-order valence-corrected chi connectivity index (χ0v) is 13.9. The minimum Gasteiger partial charge on any atom is -0.308 e. The lowest BCUT2D eigenvalue weighted by Crippen LogP contribution is -2.35. The summed E-state index contributed by atoms with van der Waals surface area (Å²) in [6.07, 6.45) is 5.73. The summed E-state index contributed by atoms with van der Waals surface area (Å²) < 4.78 is 0. The van der Waals surface area contributed by atoms with Gasteiger partial charge in [-0.2, -0.15) is 0 Å². The van der Waals surface area contributed by atoms with Crippen molar-refractivity contribution in [2.45, 2.75) is 71.1 Å². The fourth-order valence-electron chi connectivity index (χ4n) is 2.88. The molecule has 0 heterocycles. The third-order valence-electron chi connectivity index (χ3n) is 4.55. The molecule has 2 fully saturated rings. The van der Waals surface area contributed by atoms with Gasteiger partial charge in [-0.05, 0) is 63.5 Å². The molecule has 2 saturated carbocycles. The Kier molecular flexibility index (Phi) is 4.37. The number of hydrogen-bond donors (Lipinski definition) is 1. The van der Waals surface area contributed by atoms with Crippen LogP contribution in [0.2, 0.25) is 0 Å². The van der Waals surface area contributed by atoms with Crippen LogP contribution in [0.3, 0.4) is 0 Å². The molecule has 0 atom stereocenters. The second kappa shape index (κ2) is 6.10. The maximum atomic E-state index is 3.63. The molecule has 0 bridgehead atoms. The summed E-state index contributed by atoms with van der Waals surface area (Å²) in [6.45, 7) is 10.1. The highest BCUT2D eigenvalue weighted by Crippen LogP contribution is 2.35. The molecule has 21 heavy (non-hydrogen) atoms. The third kappa shape index (κ3) is 4.82. The van der Waals surface area contributed by atoms with Gasteiger partial charge < -0.3 is 5.32 Å². The van der Waals surface area contributed by atoms with E-state index >= 15 is 0 Å². The molecule has 0 radical (unpaired) electrons. The van der Waals surface area contributed by atoms with E-state index in [9.17, 15) is 0 Å². The number of hydrogen-bond acceptors (Lipinski definition) is 2. The lowest BCUT2D eigenvalue weighted by atomic mass is 10.0. The topological polar surface area (TPSA) is 15.3 Å². The van der Waals surface area contributed by atoms with Crippen LogP contribution >= 0.6 is 0 Å². The average Bonchev–Trinajstić information content (AvgIpc) is 3.28. The molecule has 116 valence electrons. The third-order valence-corrected chi connectivity index (χ3v) is 4.55. The van der Waals surface area contributed by atoms with Gasteiger partial charge in [-0.25, -0.2) is 0 Å². The molecule has 2 aliphatic rings. The molecule has 2 heteroatoms. The SMILES string of the molecule is CC(C)(C)NCc1ccccc1CN(CC1CC1)C1CC1. The average molecular weight is 286 g/mol. The van der Waals surface area contributed by atoms with Gasteiger partial charge in [0.1, 0.15) is 0 Å². The summed E-state index contributed by atoms with van der Waals surface area (Å²) in [5.74, 6) is 0.991. The van der Waals surface area contributed by atoms with Gasteiger partial charge in [0.15, 0.2) is 0 Å². The molecule has 0 amide bonds. The van der Waals surface area contributed by atoms with Gasteiger partial charge in [0.25, 0.3) is 0 Å². The van der Waals surface area contributed by atoms with Gasteiger partial charge in [0, 0.05) is 31.2 Å².